The molecule has 1 aromatic heterocycles. The maximum absolute atomic E-state index is 13.2. The Hall–Kier alpha value is -2.76. The summed E-state index contributed by atoms with van der Waals surface area (Å²) >= 11 is 0. The van der Waals surface area contributed by atoms with E-state index in [1.807, 2.05) is 42.2 Å². The lowest BCUT2D eigenvalue weighted by atomic mass is 9.87. The van der Waals surface area contributed by atoms with Gasteiger partial charge in [-0.1, -0.05) is 49.6 Å². The van der Waals surface area contributed by atoms with Gasteiger partial charge in [-0.25, -0.2) is 9.97 Å². The molecule has 2 amide bonds. The van der Waals surface area contributed by atoms with E-state index in [2.05, 4.69) is 4.90 Å². The Labute approximate surface area is 196 Å². The Morgan fingerprint density at radius 1 is 1.00 bits per heavy atom. The molecule has 2 aromatic rings. The highest BCUT2D eigenvalue weighted by Gasteiger charge is 2.33. The molecule has 3 heterocycles. The van der Waals surface area contributed by atoms with E-state index in [0.29, 0.717) is 31.8 Å². The normalized spacial score (nSPS) is 21.7. The molecule has 174 valence electrons. The second kappa shape index (κ2) is 9.62. The van der Waals surface area contributed by atoms with Crippen LogP contribution in [0, 0.1) is 12.8 Å². The van der Waals surface area contributed by atoms with Crippen LogP contribution in [0.25, 0.3) is 0 Å². The minimum atomic E-state index is 0.119. The molecule has 2 fully saturated rings. The first-order chi connectivity index (χ1) is 16.1. The van der Waals surface area contributed by atoms with Crippen LogP contribution in [0.3, 0.4) is 0 Å². The van der Waals surface area contributed by atoms with Crippen LogP contribution >= 0.6 is 0 Å². The third kappa shape index (κ3) is 4.66. The van der Waals surface area contributed by atoms with Crippen molar-refractivity contribution in [3.63, 3.8) is 0 Å². The average molecular weight is 447 g/mol. The number of nitrogens with zero attached hydrogens (tertiary/aromatic N) is 4. The van der Waals surface area contributed by atoms with Crippen LogP contribution in [0.1, 0.15) is 79.9 Å². The van der Waals surface area contributed by atoms with Gasteiger partial charge in [-0.3, -0.25) is 14.5 Å². The SMILES string of the molecule is Cc1nc([C@@H]2CCCN(C(=O)C3CCCCC3)C2)nc2c1CCC(=O)N2Cc1ccccc1. The third-order valence-corrected chi connectivity index (χ3v) is 7.59. The van der Waals surface area contributed by atoms with Gasteiger partial charge in [0.1, 0.15) is 11.6 Å². The number of rotatable bonds is 4. The summed E-state index contributed by atoms with van der Waals surface area (Å²) < 4.78 is 0. The number of anilines is 1. The first-order valence-electron chi connectivity index (χ1n) is 12.6. The van der Waals surface area contributed by atoms with Crippen molar-refractivity contribution in [3.8, 4) is 0 Å². The van der Waals surface area contributed by atoms with Crippen molar-refractivity contribution in [2.24, 2.45) is 5.92 Å². The van der Waals surface area contributed by atoms with Crippen molar-refractivity contribution in [1.29, 1.82) is 0 Å². The van der Waals surface area contributed by atoms with E-state index in [-0.39, 0.29) is 17.7 Å². The molecule has 6 heteroatoms. The van der Waals surface area contributed by atoms with Gasteiger partial charge in [0.25, 0.3) is 0 Å². The molecular formula is C27H34N4O2. The van der Waals surface area contributed by atoms with Gasteiger partial charge in [0.15, 0.2) is 0 Å². The van der Waals surface area contributed by atoms with Crippen LogP contribution in [0.2, 0.25) is 0 Å². The first-order valence-corrected chi connectivity index (χ1v) is 12.6. The summed E-state index contributed by atoms with van der Waals surface area (Å²) in [5.74, 6) is 2.34. The molecule has 5 rings (SSSR count). The molecule has 1 aliphatic carbocycles. The van der Waals surface area contributed by atoms with Crippen LogP contribution in [0.5, 0.6) is 0 Å². The number of hydrogen-bond donors (Lipinski definition) is 0. The van der Waals surface area contributed by atoms with E-state index in [9.17, 15) is 9.59 Å². The quantitative estimate of drug-likeness (QED) is 0.691. The summed E-state index contributed by atoms with van der Waals surface area (Å²) in [7, 11) is 0. The second-order valence-electron chi connectivity index (χ2n) is 9.89. The molecule has 1 saturated heterocycles. The van der Waals surface area contributed by atoms with Crippen molar-refractivity contribution >= 4 is 17.6 Å². The van der Waals surface area contributed by atoms with Crippen LogP contribution in [-0.2, 0) is 22.6 Å². The molecule has 0 unspecified atom stereocenters. The number of carbonyl (C=O) groups excluding carboxylic acids is 2. The maximum Gasteiger partial charge on any atom is 0.228 e. The van der Waals surface area contributed by atoms with E-state index in [0.717, 1.165) is 60.7 Å². The first kappa shape index (κ1) is 22.1. The Bertz CT molecular complexity index is 1020. The van der Waals surface area contributed by atoms with E-state index < -0.39 is 0 Å². The predicted molar refractivity (Wildman–Crippen MR) is 128 cm³/mol. The minimum Gasteiger partial charge on any atom is -0.342 e. The van der Waals surface area contributed by atoms with Crippen molar-refractivity contribution < 1.29 is 9.59 Å². The molecule has 2 aliphatic heterocycles. The smallest absolute Gasteiger partial charge is 0.228 e. The van der Waals surface area contributed by atoms with Gasteiger partial charge in [0, 0.05) is 42.6 Å². The highest BCUT2D eigenvalue weighted by molar-refractivity contribution is 5.95. The summed E-state index contributed by atoms with van der Waals surface area (Å²) in [4.78, 5) is 39.8. The Kier molecular flexibility index (Phi) is 6.43. The standard InChI is InChI=1S/C27H34N4O2/c1-19-23-14-15-24(32)31(17-20-9-4-2-5-10-20)26(23)29-25(28-19)22-13-8-16-30(18-22)27(33)21-11-6-3-7-12-21/h2,4-5,9-10,21-22H,3,6-8,11-18H2,1H3/t22-/m1/s1. The molecule has 33 heavy (non-hydrogen) atoms. The second-order valence-corrected chi connectivity index (χ2v) is 9.89. The van der Waals surface area contributed by atoms with E-state index in [1.54, 1.807) is 0 Å². The van der Waals surface area contributed by atoms with E-state index in [1.165, 1.54) is 19.3 Å². The summed E-state index contributed by atoms with van der Waals surface area (Å²) in [5, 5.41) is 0. The largest absolute Gasteiger partial charge is 0.342 e. The van der Waals surface area contributed by atoms with Crippen molar-refractivity contribution in [1.82, 2.24) is 14.9 Å². The summed E-state index contributed by atoms with van der Waals surface area (Å²) in [6, 6.07) is 10.1. The molecule has 3 aliphatic rings. The lowest BCUT2D eigenvalue weighted by Crippen LogP contribution is -2.43. The van der Waals surface area contributed by atoms with Crippen LogP contribution < -0.4 is 4.90 Å². The summed E-state index contributed by atoms with van der Waals surface area (Å²) in [5.41, 5.74) is 3.15. The fourth-order valence-electron chi connectivity index (χ4n) is 5.71. The highest BCUT2D eigenvalue weighted by atomic mass is 16.2. The van der Waals surface area contributed by atoms with Gasteiger partial charge in [-0.05, 0) is 44.6 Å². The minimum absolute atomic E-state index is 0.119. The van der Waals surface area contributed by atoms with Gasteiger partial charge in [0.2, 0.25) is 11.8 Å². The zero-order chi connectivity index (χ0) is 22.8. The van der Waals surface area contributed by atoms with Crippen LogP contribution in [-0.4, -0.2) is 39.8 Å². The monoisotopic (exact) mass is 446 g/mol. The lowest BCUT2D eigenvalue weighted by Gasteiger charge is -2.36. The zero-order valence-corrected chi connectivity index (χ0v) is 19.6. The number of likely N-dealkylation sites (tertiary alicyclic amines) is 1. The van der Waals surface area contributed by atoms with Gasteiger partial charge < -0.3 is 4.90 Å². The lowest BCUT2D eigenvalue weighted by molar-refractivity contribution is -0.137. The van der Waals surface area contributed by atoms with Crippen molar-refractivity contribution in [3.05, 3.63) is 53.0 Å². The number of piperidine rings is 1. The maximum atomic E-state index is 13.2. The molecular weight excluding hydrogens is 412 g/mol. The van der Waals surface area contributed by atoms with Gasteiger partial charge in [-0.2, -0.15) is 0 Å². The molecule has 0 N–H and O–H groups in total. The number of benzene rings is 1. The Morgan fingerprint density at radius 2 is 1.79 bits per heavy atom. The average Bonchev–Trinajstić information content (AvgIpc) is 2.86. The summed E-state index contributed by atoms with van der Waals surface area (Å²) in [6.07, 6.45) is 8.83. The van der Waals surface area contributed by atoms with Crippen LogP contribution in [0.15, 0.2) is 30.3 Å². The third-order valence-electron chi connectivity index (χ3n) is 7.59. The zero-order valence-electron chi connectivity index (χ0n) is 19.6. The highest BCUT2D eigenvalue weighted by Crippen LogP contribution is 2.34. The molecule has 1 saturated carbocycles. The molecule has 1 aromatic carbocycles. The molecule has 1 atom stereocenters. The van der Waals surface area contributed by atoms with E-state index in [4.69, 9.17) is 9.97 Å². The van der Waals surface area contributed by atoms with Crippen molar-refractivity contribution in [2.75, 3.05) is 18.0 Å². The molecule has 6 nitrogen and oxygen atoms in total. The van der Waals surface area contributed by atoms with Gasteiger partial charge in [-0.15, -0.1) is 0 Å². The van der Waals surface area contributed by atoms with E-state index >= 15 is 0 Å². The molecule has 0 radical (unpaired) electrons. The number of aromatic nitrogens is 2. The number of aryl methyl sites for hydroxylation is 1. The fourth-order valence-corrected chi connectivity index (χ4v) is 5.71. The fraction of sp³-hybridized carbons (Fsp3) is 0.556. The number of carbonyl (C=O) groups is 2. The molecule has 0 bridgehead atoms. The topological polar surface area (TPSA) is 66.4 Å². The Morgan fingerprint density at radius 3 is 2.58 bits per heavy atom. The van der Waals surface area contributed by atoms with Gasteiger partial charge in [0.05, 0.1) is 6.54 Å². The number of hydrogen-bond acceptors (Lipinski definition) is 4. The van der Waals surface area contributed by atoms with Gasteiger partial charge >= 0.3 is 0 Å². The number of amides is 2. The van der Waals surface area contributed by atoms with Crippen molar-refractivity contribution in [2.45, 2.75) is 77.2 Å². The van der Waals surface area contributed by atoms with Crippen LogP contribution in [0.4, 0.5) is 5.82 Å². The number of fused-ring (bicyclic) bond motifs is 1. The predicted octanol–water partition coefficient (Wildman–Crippen LogP) is 4.55. The summed E-state index contributed by atoms with van der Waals surface area (Å²) in [6.45, 7) is 4.10. The Balaban J connectivity index is 1.39. The molecule has 0 spiro atoms.